The number of amides is 1. The van der Waals surface area contributed by atoms with Crippen molar-refractivity contribution in [1.29, 1.82) is 0 Å². The van der Waals surface area contributed by atoms with E-state index in [-0.39, 0.29) is 11.9 Å². The molecule has 0 aliphatic heterocycles. The molecular formula is C17H17ClN4O. The van der Waals surface area contributed by atoms with E-state index >= 15 is 0 Å². The van der Waals surface area contributed by atoms with Crippen LogP contribution in [-0.2, 0) is 0 Å². The summed E-state index contributed by atoms with van der Waals surface area (Å²) < 4.78 is 0. The molecule has 0 spiro atoms. The molecule has 0 aliphatic rings. The molecule has 1 amide bonds. The summed E-state index contributed by atoms with van der Waals surface area (Å²) in [6, 6.07) is 10.6. The van der Waals surface area contributed by atoms with Crippen molar-refractivity contribution < 1.29 is 4.79 Å². The fourth-order valence-electron chi connectivity index (χ4n) is 2.44. The van der Waals surface area contributed by atoms with Gasteiger partial charge in [0, 0.05) is 17.6 Å². The zero-order chi connectivity index (χ0) is 16.4. The number of hydrogen-bond acceptors (Lipinski definition) is 4. The average molecular weight is 329 g/mol. The van der Waals surface area contributed by atoms with E-state index in [0.717, 1.165) is 6.42 Å². The third-order valence-electron chi connectivity index (χ3n) is 3.78. The molecule has 1 unspecified atom stereocenters. The fourth-order valence-corrected chi connectivity index (χ4v) is 2.61. The lowest BCUT2D eigenvalue weighted by Gasteiger charge is -2.15. The number of carbonyl (C=O) groups excluding carboxylic acids is 1. The van der Waals surface area contributed by atoms with Crippen molar-refractivity contribution in [3.05, 3.63) is 47.0 Å². The van der Waals surface area contributed by atoms with Crippen LogP contribution in [0.2, 0.25) is 5.02 Å². The number of aromatic nitrogens is 2. The van der Waals surface area contributed by atoms with Crippen LogP contribution in [0.3, 0.4) is 0 Å². The number of carbonyl (C=O) groups is 1. The SMILES string of the molecule is CCC(CN)NC(=O)c1cccc2nc3cc(Cl)ccc3nc12. The highest BCUT2D eigenvalue weighted by Crippen LogP contribution is 2.22. The van der Waals surface area contributed by atoms with Crippen LogP contribution >= 0.6 is 11.6 Å². The second-order valence-corrected chi connectivity index (χ2v) is 5.78. The van der Waals surface area contributed by atoms with Gasteiger partial charge in [0.15, 0.2) is 0 Å². The van der Waals surface area contributed by atoms with Gasteiger partial charge in [-0.1, -0.05) is 24.6 Å². The van der Waals surface area contributed by atoms with Gasteiger partial charge in [0.25, 0.3) is 5.91 Å². The topological polar surface area (TPSA) is 80.9 Å². The Morgan fingerprint density at radius 2 is 2.04 bits per heavy atom. The number of para-hydroxylation sites is 1. The van der Waals surface area contributed by atoms with E-state index in [1.54, 1.807) is 30.3 Å². The lowest BCUT2D eigenvalue weighted by Crippen LogP contribution is -2.39. The third-order valence-corrected chi connectivity index (χ3v) is 4.02. The summed E-state index contributed by atoms with van der Waals surface area (Å²) in [6.07, 6.45) is 0.778. The van der Waals surface area contributed by atoms with Gasteiger partial charge in [-0.15, -0.1) is 0 Å². The predicted octanol–water partition coefficient (Wildman–Crippen LogP) is 2.90. The maximum Gasteiger partial charge on any atom is 0.253 e. The maximum absolute atomic E-state index is 12.5. The Morgan fingerprint density at radius 1 is 1.22 bits per heavy atom. The molecule has 1 aromatic heterocycles. The molecular weight excluding hydrogens is 312 g/mol. The first-order valence-electron chi connectivity index (χ1n) is 7.49. The summed E-state index contributed by atoms with van der Waals surface area (Å²) in [4.78, 5) is 21.7. The molecule has 6 heteroatoms. The van der Waals surface area contributed by atoms with Crippen LogP contribution in [-0.4, -0.2) is 28.5 Å². The first-order valence-corrected chi connectivity index (χ1v) is 7.87. The number of hydrogen-bond donors (Lipinski definition) is 2. The van der Waals surface area contributed by atoms with E-state index in [0.29, 0.717) is 39.2 Å². The molecule has 5 nitrogen and oxygen atoms in total. The molecule has 0 aliphatic carbocycles. The van der Waals surface area contributed by atoms with E-state index in [9.17, 15) is 4.79 Å². The Hall–Kier alpha value is -2.24. The molecule has 0 saturated heterocycles. The highest BCUT2D eigenvalue weighted by atomic mass is 35.5. The molecule has 0 bridgehead atoms. The van der Waals surface area contributed by atoms with E-state index in [4.69, 9.17) is 17.3 Å². The Bertz CT molecular complexity index is 877. The summed E-state index contributed by atoms with van der Waals surface area (Å²) in [5.74, 6) is -0.185. The largest absolute Gasteiger partial charge is 0.348 e. The standard InChI is InChI=1S/C17H17ClN4O/c1-2-11(9-19)20-17(23)12-4-3-5-14-16(12)22-13-7-6-10(18)8-15(13)21-14/h3-8,11H,2,9,19H2,1H3,(H,20,23). The van der Waals surface area contributed by atoms with Gasteiger partial charge in [-0.3, -0.25) is 4.79 Å². The minimum atomic E-state index is -0.185. The summed E-state index contributed by atoms with van der Waals surface area (Å²) in [6.45, 7) is 2.39. The van der Waals surface area contributed by atoms with Gasteiger partial charge in [-0.25, -0.2) is 9.97 Å². The van der Waals surface area contributed by atoms with Crippen molar-refractivity contribution in [1.82, 2.24) is 15.3 Å². The number of nitrogens with zero attached hydrogens (tertiary/aromatic N) is 2. The molecule has 0 saturated carbocycles. The number of rotatable bonds is 4. The van der Waals surface area contributed by atoms with Gasteiger partial charge in [-0.05, 0) is 36.8 Å². The van der Waals surface area contributed by atoms with Crippen LogP contribution in [0.4, 0.5) is 0 Å². The molecule has 3 rings (SSSR count). The zero-order valence-electron chi connectivity index (χ0n) is 12.7. The molecule has 0 fully saturated rings. The molecule has 0 radical (unpaired) electrons. The number of halogens is 1. The Kier molecular flexibility index (Phi) is 4.41. The summed E-state index contributed by atoms with van der Waals surface area (Å²) >= 11 is 6.00. The highest BCUT2D eigenvalue weighted by Gasteiger charge is 2.15. The van der Waals surface area contributed by atoms with Crippen molar-refractivity contribution in [2.75, 3.05) is 6.54 Å². The quantitative estimate of drug-likeness (QED) is 0.721. The third kappa shape index (κ3) is 3.11. The van der Waals surface area contributed by atoms with Crippen LogP contribution in [0.1, 0.15) is 23.7 Å². The van der Waals surface area contributed by atoms with Crippen LogP contribution in [0, 0.1) is 0 Å². The monoisotopic (exact) mass is 328 g/mol. The van der Waals surface area contributed by atoms with Crippen LogP contribution in [0.15, 0.2) is 36.4 Å². The molecule has 1 heterocycles. The van der Waals surface area contributed by atoms with E-state index < -0.39 is 0 Å². The van der Waals surface area contributed by atoms with Crippen LogP contribution in [0.25, 0.3) is 22.1 Å². The number of benzene rings is 2. The summed E-state index contributed by atoms with van der Waals surface area (Å²) in [5.41, 5.74) is 8.80. The average Bonchev–Trinajstić information content (AvgIpc) is 2.57. The summed E-state index contributed by atoms with van der Waals surface area (Å²) in [7, 11) is 0. The van der Waals surface area contributed by atoms with Crippen molar-refractivity contribution in [3.8, 4) is 0 Å². The van der Waals surface area contributed by atoms with Crippen molar-refractivity contribution in [2.45, 2.75) is 19.4 Å². The first-order chi connectivity index (χ1) is 11.1. The smallest absolute Gasteiger partial charge is 0.253 e. The molecule has 3 N–H and O–H groups in total. The number of fused-ring (bicyclic) bond motifs is 2. The second kappa shape index (κ2) is 6.48. The molecule has 1 atom stereocenters. The molecule has 2 aromatic carbocycles. The van der Waals surface area contributed by atoms with Gasteiger partial charge < -0.3 is 11.1 Å². The lowest BCUT2D eigenvalue weighted by atomic mass is 10.1. The van der Waals surface area contributed by atoms with Crippen molar-refractivity contribution in [3.63, 3.8) is 0 Å². The Balaban J connectivity index is 2.10. The van der Waals surface area contributed by atoms with Gasteiger partial charge in [0.2, 0.25) is 0 Å². The molecule has 118 valence electrons. The van der Waals surface area contributed by atoms with E-state index in [1.807, 2.05) is 13.0 Å². The van der Waals surface area contributed by atoms with E-state index in [2.05, 4.69) is 15.3 Å². The van der Waals surface area contributed by atoms with Crippen LogP contribution < -0.4 is 11.1 Å². The maximum atomic E-state index is 12.5. The van der Waals surface area contributed by atoms with Crippen molar-refractivity contribution >= 4 is 39.6 Å². The van der Waals surface area contributed by atoms with Gasteiger partial charge >= 0.3 is 0 Å². The second-order valence-electron chi connectivity index (χ2n) is 5.34. The first kappa shape index (κ1) is 15.6. The summed E-state index contributed by atoms with van der Waals surface area (Å²) in [5, 5.41) is 3.53. The van der Waals surface area contributed by atoms with Gasteiger partial charge in [0.1, 0.15) is 5.52 Å². The normalized spacial score (nSPS) is 12.5. The minimum absolute atomic E-state index is 0.0509. The van der Waals surface area contributed by atoms with Gasteiger partial charge in [0.05, 0.1) is 22.1 Å². The Morgan fingerprint density at radius 3 is 2.78 bits per heavy atom. The molecule has 3 aromatic rings. The fraction of sp³-hybridized carbons (Fsp3) is 0.235. The van der Waals surface area contributed by atoms with Crippen molar-refractivity contribution in [2.24, 2.45) is 5.73 Å². The minimum Gasteiger partial charge on any atom is -0.348 e. The highest BCUT2D eigenvalue weighted by molar-refractivity contribution is 6.31. The Labute approximate surface area is 138 Å². The molecule has 23 heavy (non-hydrogen) atoms. The van der Waals surface area contributed by atoms with Crippen LogP contribution in [0.5, 0.6) is 0 Å². The lowest BCUT2D eigenvalue weighted by molar-refractivity contribution is 0.0938. The predicted molar refractivity (Wildman–Crippen MR) is 92.7 cm³/mol. The number of nitrogens with two attached hydrogens (primary N) is 1. The number of nitrogens with one attached hydrogen (secondary N) is 1. The van der Waals surface area contributed by atoms with Gasteiger partial charge in [-0.2, -0.15) is 0 Å². The zero-order valence-corrected chi connectivity index (χ0v) is 13.5. The van der Waals surface area contributed by atoms with E-state index in [1.165, 1.54) is 0 Å².